The largest absolute Gasteiger partial charge is 0.464 e. The van der Waals surface area contributed by atoms with Gasteiger partial charge in [0.2, 0.25) is 5.91 Å². The normalized spacial score (nSPS) is 15.9. The minimum Gasteiger partial charge on any atom is -0.464 e. The number of carbonyl (C=O) groups is 1. The molecule has 2 N–H and O–H groups in total. The Hall–Kier alpha value is -0.940. The molecule has 4 nitrogen and oxygen atoms in total. The second-order valence-corrected chi connectivity index (χ2v) is 5.49. The molecule has 0 bridgehead atoms. The van der Waals surface area contributed by atoms with E-state index in [2.05, 4.69) is 0 Å². The van der Waals surface area contributed by atoms with E-state index < -0.39 is 0 Å². The van der Waals surface area contributed by atoms with Gasteiger partial charge in [-0.1, -0.05) is 0 Å². The first kappa shape index (κ1) is 13.5. The molecule has 2 rings (SSSR count). The van der Waals surface area contributed by atoms with Crippen LogP contribution < -0.4 is 5.73 Å². The van der Waals surface area contributed by atoms with Crippen molar-refractivity contribution in [2.24, 2.45) is 5.73 Å². The zero-order chi connectivity index (χ0) is 12.8. The Morgan fingerprint density at radius 3 is 2.67 bits per heavy atom. The highest BCUT2D eigenvalue weighted by Crippen LogP contribution is 2.17. The van der Waals surface area contributed by atoms with Gasteiger partial charge in [-0.05, 0) is 31.4 Å². The highest BCUT2D eigenvalue weighted by molar-refractivity contribution is 7.99. The molecule has 1 aromatic heterocycles. The summed E-state index contributed by atoms with van der Waals surface area (Å²) in [6.07, 6.45) is 3.55. The van der Waals surface area contributed by atoms with Crippen LogP contribution in [0, 0.1) is 0 Å². The smallest absolute Gasteiger partial charge is 0.232 e. The number of amides is 1. The second-order valence-electron chi connectivity index (χ2n) is 4.51. The zero-order valence-corrected chi connectivity index (χ0v) is 11.4. The third-order valence-electron chi connectivity index (χ3n) is 3.10. The topological polar surface area (TPSA) is 59.5 Å². The van der Waals surface area contributed by atoms with Gasteiger partial charge in [0.25, 0.3) is 0 Å². The molecule has 0 unspecified atom stereocenters. The molecule has 0 aliphatic carbocycles. The summed E-state index contributed by atoms with van der Waals surface area (Å²) in [5, 5.41) is 0. The number of nitrogens with two attached hydrogens (primary N) is 1. The van der Waals surface area contributed by atoms with Gasteiger partial charge in [-0.2, -0.15) is 0 Å². The highest BCUT2D eigenvalue weighted by Gasteiger charge is 2.16. The molecule has 18 heavy (non-hydrogen) atoms. The number of nitrogens with zero attached hydrogens (tertiary/aromatic N) is 1. The van der Waals surface area contributed by atoms with Crippen molar-refractivity contribution >= 4 is 17.7 Å². The summed E-state index contributed by atoms with van der Waals surface area (Å²) >= 11 is 1.61. The van der Waals surface area contributed by atoms with Crippen molar-refractivity contribution in [2.75, 3.05) is 18.8 Å². The quantitative estimate of drug-likeness (QED) is 0.887. The third kappa shape index (κ3) is 3.78. The van der Waals surface area contributed by atoms with Gasteiger partial charge < -0.3 is 15.1 Å². The number of furan rings is 1. The first-order chi connectivity index (χ1) is 8.79. The number of carbonyl (C=O) groups excluding carboxylic acids is 1. The Labute approximate surface area is 112 Å². The number of thioether (sulfide) groups is 1. The lowest BCUT2D eigenvalue weighted by molar-refractivity contribution is -0.129. The fourth-order valence-electron chi connectivity index (χ4n) is 2.08. The molecule has 0 spiro atoms. The molecule has 1 saturated heterocycles. The van der Waals surface area contributed by atoms with Crippen LogP contribution in [-0.4, -0.2) is 29.6 Å². The minimum absolute atomic E-state index is 0.255. The van der Waals surface area contributed by atoms with Gasteiger partial charge in [-0.15, -0.1) is 11.8 Å². The van der Waals surface area contributed by atoms with Crippen LogP contribution in [0.25, 0.3) is 0 Å². The average molecular weight is 268 g/mol. The summed E-state index contributed by atoms with van der Waals surface area (Å²) in [5.74, 6) is 3.23. The molecule has 1 amide bonds. The van der Waals surface area contributed by atoms with E-state index in [1.165, 1.54) is 6.42 Å². The van der Waals surface area contributed by atoms with Gasteiger partial charge in [0.05, 0.1) is 18.1 Å². The molecule has 1 aromatic rings. The van der Waals surface area contributed by atoms with Gasteiger partial charge in [0, 0.05) is 13.1 Å². The Morgan fingerprint density at radius 2 is 2.00 bits per heavy atom. The fourth-order valence-corrected chi connectivity index (χ4v) is 2.90. The van der Waals surface area contributed by atoms with Crippen LogP contribution in [0.3, 0.4) is 0 Å². The first-order valence-electron chi connectivity index (χ1n) is 6.43. The lowest BCUT2D eigenvalue weighted by atomic mass is 10.1. The number of rotatable bonds is 5. The van der Waals surface area contributed by atoms with Crippen molar-refractivity contribution in [3.05, 3.63) is 23.7 Å². The van der Waals surface area contributed by atoms with E-state index in [4.69, 9.17) is 10.2 Å². The molecule has 0 aromatic carbocycles. The molecule has 0 atom stereocenters. The highest BCUT2D eigenvalue weighted by atomic mass is 32.2. The monoisotopic (exact) mass is 268 g/mol. The maximum absolute atomic E-state index is 11.9. The van der Waals surface area contributed by atoms with Crippen molar-refractivity contribution in [3.8, 4) is 0 Å². The van der Waals surface area contributed by atoms with Gasteiger partial charge >= 0.3 is 0 Å². The third-order valence-corrected chi connectivity index (χ3v) is 4.04. The van der Waals surface area contributed by atoms with Crippen molar-refractivity contribution in [3.63, 3.8) is 0 Å². The van der Waals surface area contributed by atoms with E-state index in [1.54, 1.807) is 11.8 Å². The fraction of sp³-hybridized carbons (Fsp3) is 0.615. The van der Waals surface area contributed by atoms with Crippen LogP contribution in [0.2, 0.25) is 0 Å². The first-order valence-corrected chi connectivity index (χ1v) is 7.58. The van der Waals surface area contributed by atoms with Gasteiger partial charge in [0.1, 0.15) is 11.5 Å². The Kier molecular flexibility index (Phi) is 5.13. The molecule has 1 aliphatic heterocycles. The number of piperidine rings is 1. The Bertz CT molecular complexity index is 386. The van der Waals surface area contributed by atoms with Crippen molar-refractivity contribution in [1.29, 1.82) is 0 Å². The number of hydrogen-bond donors (Lipinski definition) is 1. The van der Waals surface area contributed by atoms with Crippen LogP contribution in [0.4, 0.5) is 0 Å². The Balaban J connectivity index is 1.69. The summed E-state index contributed by atoms with van der Waals surface area (Å²) in [7, 11) is 0. The molecule has 0 saturated carbocycles. The summed E-state index contributed by atoms with van der Waals surface area (Å²) in [6.45, 7) is 2.28. The predicted molar refractivity (Wildman–Crippen MR) is 73.2 cm³/mol. The lowest BCUT2D eigenvalue weighted by Gasteiger charge is -2.26. The van der Waals surface area contributed by atoms with Crippen molar-refractivity contribution in [1.82, 2.24) is 4.90 Å². The molecule has 100 valence electrons. The Morgan fingerprint density at radius 1 is 1.28 bits per heavy atom. The predicted octanol–water partition coefficient (Wildman–Crippen LogP) is 1.98. The standard InChI is InChI=1S/C13H20N2O2S/c14-8-11-4-5-12(17-11)9-18-10-13(16)15-6-2-1-3-7-15/h4-5H,1-3,6-10,14H2. The van der Waals surface area contributed by atoms with Crippen LogP contribution >= 0.6 is 11.8 Å². The van der Waals surface area contributed by atoms with Crippen LogP contribution in [0.15, 0.2) is 16.5 Å². The zero-order valence-electron chi connectivity index (χ0n) is 10.6. The van der Waals surface area contributed by atoms with E-state index in [-0.39, 0.29) is 5.91 Å². The summed E-state index contributed by atoms with van der Waals surface area (Å²) in [5.41, 5.74) is 5.48. The number of hydrogen-bond acceptors (Lipinski definition) is 4. The molecule has 1 fully saturated rings. The van der Waals surface area contributed by atoms with E-state index in [9.17, 15) is 4.79 Å². The van der Waals surface area contributed by atoms with E-state index >= 15 is 0 Å². The summed E-state index contributed by atoms with van der Waals surface area (Å²) in [4.78, 5) is 13.9. The molecule has 1 aliphatic rings. The SMILES string of the molecule is NCc1ccc(CSCC(=O)N2CCCCC2)o1. The molecule has 5 heteroatoms. The van der Waals surface area contributed by atoms with Gasteiger partial charge in [0.15, 0.2) is 0 Å². The van der Waals surface area contributed by atoms with Crippen LogP contribution in [-0.2, 0) is 17.1 Å². The molecular formula is C13H20N2O2S. The average Bonchev–Trinajstić information content (AvgIpc) is 2.87. The number of likely N-dealkylation sites (tertiary alicyclic amines) is 1. The van der Waals surface area contributed by atoms with E-state index in [0.29, 0.717) is 12.3 Å². The molecule has 2 heterocycles. The van der Waals surface area contributed by atoms with E-state index in [1.807, 2.05) is 17.0 Å². The van der Waals surface area contributed by atoms with Crippen molar-refractivity contribution < 1.29 is 9.21 Å². The van der Waals surface area contributed by atoms with Crippen LogP contribution in [0.1, 0.15) is 30.8 Å². The maximum atomic E-state index is 11.9. The minimum atomic E-state index is 0.255. The maximum Gasteiger partial charge on any atom is 0.232 e. The summed E-state index contributed by atoms with van der Waals surface area (Å²) < 4.78 is 5.49. The van der Waals surface area contributed by atoms with Crippen molar-refractivity contribution in [2.45, 2.75) is 31.6 Å². The van der Waals surface area contributed by atoms with Crippen LogP contribution in [0.5, 0.6) is 0 Å². The molecule has 0 radical (unpaired) electrons. The van der Waals surface area contributed by atoms with E-state index in [0.717, 1.165) is 43.2 Å². The van der Waals surface area contributed by atoms with Gasteiger partial charge in [-0.25, -0.2) is 0 Å². The summed E-state index contributed by atoms with van der Waals surface area (Å²) in [6, 6.07) is 3.82. The lowest BCUT2D eigenvalue weighted by Crippen LogP contribution is -2.36. The molecular weight excluding hydrogens is 248 g/mol. The second kappa shape index (κ2) is 6.85. The van der Waals surface area contributed by atoms with Gasteiger partial charge in [-0.3, -0.25) is 4.79 Å².